The van der Waals surface area contributed by atoms with E-state index in [1.165, 1.54) is 0 Å². The van der Waals surface area contributed by atoms with Crippen molar-refractivity contribution in [3.8, 4) is 0 Å². The first-order valence-electron chi connectivity index (χ1n) is 6.46. The van der Waals surface area contributed by atoms with Crippen LogP contribution in [0.2, 0.25) is 0 Å². The van der Waals surface area contributed by atoms with Crippen molar-refractivity contribution in [1.29, 1.82) is 0 Å². The Morgan fingerprint density at radius 3 is 2.58 bits per heavy atom. The SMILES string of the molecule is CCC(CC)(C(=O)NCc1ncccc1C)C(N)=S. The summed E-state index contributed by atoms with van der Waals surface area (Å²) in [5.41, 5.74) is 6.91. The maximum Gasteiger partial charge on any atom is 0.233 e. The summed E-state index contributed by atoms with van der Waals surface area (Å²) in [6.45, 7) is 6.22. The highest BCUT2D eigenvalue weighted by Crippen LogP contribution is 2.27. The molecule has 1 amide bonds. The van der Waals surface area contributed by atoms with E-state index in [4.69, 9.17) is 18.0 Å². The Balaban J connectivity index is 2.79. The van der Waals surface area contributed by atoms with Gasteiger partial charge in [0.05, 0.1) is 22.6 Å². The summed E-state index contributed by atoms with van der Waals surface area (Å²) >= 11 is 5.06. The van der Waals surface area contributed by atoms with Crippen molar-refractivity contribution in [2.24, 2.45) is 11.1 Å². The predicted molar refractivity (Wildman–Crippen MR) is 80.6 cm³/mol. The summed E-state index contributed by atoms with van der Waals surface area (Å²) in [6.07, 6.45) is 2.92. The molecular formula is C14H21N3OS. The number of carbonyl (C=O) groups is 1. The van der Waals surface area contributed by atoms with Gasteiger partial charge in [-0.15, -0.1) is 0 Å². The van der Waals surface area contributed by atoms with Crippen LogP contribution in [0.1, 0.15) is 37.9 Å². The van der Waals surface area contributed by atoms with Gasteiger partial charge in [-0.25, -0.2) is 0 Å². The third-order valence-electron chi connectivity index (χ3n) is 3.65. The average molecular weight is 279 g/mol. The molecule has 3 N–H and O–H groups in total. The molecule has 0 aliphatic heterocycles. The minimum Gasteiger partial charge on any atom is -0.392 e. The van der Waals surface area contributed by atoms with Crippen LogP contribution in [0.3, 0.4) is 0 Å². The molecule has 1 aromatic heterocycles. The van der Waals surface area contributed by atoms with Gasteiger partial charge in [0, 0.05) is 6.20 Å². The van der Waals surface area contributed by atoms with Crippen molar-refractivity contribution >= 4 is 23.1 Å². The Labute approximate surface area is 119 Å². The zero-order valence-electron chi connectivity index (χ0n) is 11.7. The van der Waals surface area contributed by atoms with Crippen LogP contribution in [-0.4, -0.2) is 15.9 Å². The summed E-state index contributed by atoms with van der Waals surface area (Å²) in [5.74, 6) is -0.116. The minimum atomic E-state index is -0.752. The molecule has 5 heteroatoms. The van der Waals surface area contributed by atoms with Crippen LogP contribution in [0.25, 0.3) is 0 Å². The summed E-state index contributed by atoms with van der Waals surface area (Å²) in [7, 11) is 0. The number of rotatable bonds is 6. The third kappa shape index (κ3) is 3.29. The van der Waals surface area contributed by atoms with Crippen molar-refractivity contribution in [2.45, 2.75) is 40.2 Å². The number of amides is 1. The fraction of sp³-hybridized carbons (Fsp3) is 0.500. The topological polar surface area (TPSA) is 68.0 Å². The Morgan fingerprint density at radius 2 is 2.11 bits per heavy atom. The molecule has 0 aliphatic rings. The summed E-state index contributed by atoms with van der Waals surface area (Å²) in [4.78, 5) is 16.9. The van der Waals surface area contributed by atoms with Gasteiger partial charge in [-0.3, -0.25) is 9.78 Å². The molecule has 4 nitrogen and oxygen atoms in total. The number of nitrogens with one attached hydrogen (secondary N) is 1. The first-order valence-corrected chi connectivity index (χ1v) is 6.87. The van der Waals surface area contributed by atoms with E-state index in [2.05, 4.69) is 10.3 Å². The van der Waals surface area contributed by atoms with Gasteiger partial charge >= 0.3 is 0 Å². The lowest BCUT2D eigenvalue weighted by Gasteiger charge is -2.28. The molecule has 0 saturated heterocycles. The highest BCUT2D eigenvalue weighted by molar-refractivity contribution is 7.80. The van der Waals surface area contributed by atoms with Gasteiger partial charge in [-0.05, 0) is 31.4 Å². The van der Waals surface area contributed by atoms with Crippen LogP contribution >= 0.6 is 12.2 Å². The fourth-order valence-corrected chi connectivity index (χ4v) is 2.45. The quantitative estimate of drug-likeness (QED) is 0.783. The summed E-state index contributed by atoms with van der Waals surface area (Å²) in [5, 5.41) is 2.89. The molecule has 0 bridgehead atoms. The largest absolute Gasteiger partial charge is 0.392 e. The van der Waals surface area contributed by atoms with Crippen molar-refractivity contribution in [1.82, 2.24) is 10.3 Å². The zero-order valence-corrected chi connectivity index (χ0v) is 12.5. The maximum atomic E-state index is 12.3. The number of pyridine rings is 1. The number of hydrogen-bond donors (Lipinski definition) is 2. The monoisotopic (exact) mass is 279 g/mol. The molecule has 0 radical (unpaired) electrons. The smallest absolute Gasteiger partial charge is 0.233 e. The van der Waals surface area contributed by atoms with Gasteiger partial charge in [0.15, 0.2) is 0 Å². The van der Waals surface area contributed by atoms with E-state index in [1.807, 2.05) is 32.9 Å². The van der Waals surface area contributed by atoms with E-state index < -0.39 is 5.41 Å². The lowest BCUT2D eigenvalue weighted by Crippen LogP contribution is -2.48. The highest BCUT2D eigenvalue weighted by Gasteiger charge is 2.37. The van der Waals surface area contributed by atoms with Crippen LogP contribution in [0.4, 0.5) is 0 Å². The standard InChI is InChI=1S/C14H21N3OS/c1-4-14(5-2,12(15)19)13(18)17-9-11-10(3)7-6-8-16-11/h6-8H,4-5,9H2,1-3H3,(H2,15,19)(H,17,18). The number of nitrogens with zero attached hydrogens (tertiary/aromatic N) is 1. The molecule has 19 heavy (non-hydrogen) atoms. The summed E-state index contributed by atoms with van der Waals surface area (Å²) < 4.78 is 0. The van der Waals surface area contributed by atoms with E-state index >= 15 is 0 Å². The number of aromatic nitrogens is 1. The Morgan fingerprint density at radius 1 is 1.47 bits per heavy atom. The van der Waals surface area contributed by atoms with E-state index in [-0.39, 0.29) is 10.9 Å². The molecule has 104 valence electrons. The normalized spacial score (nSPS) is 11.1. The van der Waals surface area contributed by atoms with Gasteiger partial charge in [-0.1, -0.05) is 32.1 Å². The zero-order chi connectivity index (χ0) is 14.5. The molecule has 1 rings (SSSR count). The molecule has 0 saturated carbocycles. The molecule has 0 aliphatic carbocycles. The number of nitrogens with two attached hydrogens (primary N) is 1. The van der Waals surface area contributed by atoms with Gasteiger partial charge in [-0.2, -0.15) is 0 Å². The van der Waals surface area contributed by atoms with E-state index in [0.717, 1.165) is 11.3 Å². The highest BCUT2D eigenvalue weighted by atomic mass is 32.1. The lowest BCUT2D eigenvalue weighted by atomic mass is 9.81. The van der Waals surface area contributed by atoms with Crippen molar-refractivity contribution < 1.29 is 4.79 Å². The second-order valence-electron chi connectivity index (χ2n) is 4.60. The maximum absolute atomic E-state index is 12.3. The van der Waals surface area contributed by atoms with Gasteiger partial charge in [0.2, 0.25) is 5.91 Å². The second-order valence-corrected chi connectivity index (χ2v) is 5.04. The molecule has 0 spiro atoms. The van der Waals surface area contributed by atoms with Crippen molar-refractivity contribution in [3.63, 3.8) is 0 Å². The molecule has 0 atom stereocenters. The Kier molecular flexibility index (Phi) is 5.42. The van der Waals surface area contributed by atoms with E-state index in [1.54, 1.807) is 6.20 Å². The molecular weight excluding hydrogens is 258 g/mol. The third-order valence-corrected chi connectivity index (χ3v) is 4.04. The average Bonchev–Trinajstić information content (AvgIpc) is 2.39. The summed E-state index contributed by atoms with van der Waals surface area (Å²) in [6, 6.07) is 3.84. The molecule has 1 aromatic rings. The lowest BCUT2D eigenvalue weighted by molar-refractivity contribution is -0.128. The van der Waals surface area contributed by atoms with Crippen LogP contribution in [0.5, 0.6) is 0 Å². The number of thiocarbonyl (C=S) groups is 1. The van der Waals surface area contributed by atoms with Gasteiger partial charge < -0.3 is 11.1 Å². The van der Waals surface area contributed by atoms with Gasteiger partial charge in [0.25, 0.3) is 0 Å². The Bertz CT molecular complexity index is 470. The molecule has 0 unspecified atom stereocenters. The first kappa shape index (κ1) is 15.6. The predicted octanol–water partition coefficient (Wildman–Crippen LogP) is 2.10. The van der Waals surface area contributed by atoms with Crippen LogP contribution in [0, 0.1) is 12.3 Å². The molecule has 0 aromatic carbocycles. The number of hydrogen-bond acceptors (Lipinski definition) is 3. The van der Waals surface area contributed by atoms with Crippen molar-refractivity contribution in [2.75, 3.05) is 0 Å². The molecule has 0 fully saturated rings. The van der Waals surface area contributed by atoms with Crippen LogP contribution in [-0.2, 0) is 11.3 Å². The number of aryl methyl sites for hydroxylation is 1. The van der Waals surface area contributed by atoms with E-state index in [9.17, 15) is 4.79 Å². The van der Waals surface area contributed by atoms with E-state index in [0.29, 0.717) is 19.4 Å². The minimum absolute atomic E-state index is 0.116. The fourth-order valence-electron chi connectivity index (χ4n) is 2.07. The first-order chi connectivity index (χ1) is 8.97. The molecule has 1 heterocycles. The van der Waals surface area contributed by atoms with Crippen LogP contribution < -0.4 is 11.1 Å². The second kappa shape index (κ2) is 6.61. The van der Waals surface area contributed by atoms with Crippen molar-refractivity contribution in [3.05, 3.63) is 29.6 Å². The van der Waals surface area contributed by atoms with Crippen LogP contribution in [0.15, 0.2) is 18.3 Å². The van der Waals surface area contributed by atoms with Gasteiger partial charge in [0.1, 0.15) is 0 Å². The number of carbonyl (C=O) groups excluding carboxylic acids is 1. The Hall–Kier alpha value is -1.49.